The SMILES string of the molecule is Cc1ccccc1Cn1c(=O)c2cc(C(=O)OCc3ccccc3)sc2n(C)c1=O. The lowest BCUT2D eigenvalue weighted by atomic mass is 10.1. The van der Waals surface area contributed by atoms with E-state index in [-0.39, 0.29) is 13.2 Å². The van der Waals surface area contributed by atoms with E-state index >= 15 is 0 Å². The molecule has 2 heterocycles. The molecule has 0 amide bonds. The molecule has 2 aromatic carbocycles. The molecule has 0 saturated carbocycles. The molecule has 4 aromatic rings. The van der Waals surface area contributed by atoms with Gasteiger partial charge in [0.25, 0.3) is 5.56 Å². The molecule has 7 heteroatoms. The molecule has 2 aromatic heterocycles. The van der Waals surface area contributed by atoms with Crippen molar-refractivity contribution in [2.45, 2.75) is 20.1 Å². The maximum Gasteiger partial charge on any atom is 0.348 e. The van der Waals surface area contributed by atoms with Crippen LogP contribution in [0.25, 0.3) is 10.2 Å². The summed E-state index contributed by atoms with van der Waals surface area (Å²) in [6, 6.07) is 18.5. The van der Waals surface area contributed by atoms with Crippen LogP contribution in [-0.4, -0.2) is 15.1 Å². The van der Waals surface area contributed by atoms with Crippen LogP contribution in [0.15, 0.2) is 70.3 Å². The second kappa shape index (κ2) is 8.12. The van der Waals surface area contributed by atoms with E-state index in [0.717, 1.165) is 28.0 Å². The number of thiophene rings is 1. The number of fused-ring (bicyclic) bond motifs is 1. The molecule has 0 unspecified atom stereocenters. The van der Waals surface area contributed by atoms with Crippen LogP contribution in [0.2, 0.25) is 0 Å². The van der Waals surface area contributed by atoms with E-state index in [4.69, 9.17) is 4.74 Å². The number of nitrogens with zero attached hydrogens (tertiary/aromatic N) is 2. The van der Waals surface area contributed by atoms with Crippen LogP contribution < -0.4 is 11.2 Å². The molecule has 0 aliphatic rings. The predicted octanol–water partition coefficient (Wildman–Crippen LogP) is 3.48. The van der Waals surface area contributed by atoms with Crippen molar-refractivity contribution in [2.24, 2.45) is 7.05 Å². The van der Waals surface area contributed by atoms with Gasteiger partial charge in [0, 0.05) is 7.05 Å². The molecular formula is C23H20N2O4S. The van der Waals surface area contributed by atoms with Crippen molar-refractivity contribution in [2.75, 3.05) is 0 Å². The lowest BCUT2D eigenvalue weighted by Crippen LogP contribution is -2.38. The molecule has 30 heavy (non-hydrogen) atoms. The number of esters is 1. The van der Waals surface area contributed by atoms with Crippen LogP contribution in [0.1, 0.15) is 26.4 Å². The fourth-order valence-electron chi connectivity index (χ4n) is 3.28. The van der Waals surface area contributed by atoms with Gasteiger partial charge >= 0.3 is 11.7 Å². The van der Waals surface area contributed by atoms with Gasteiger partial charge in [-0.05, 0) is 29.7 Å². The Morgan fingerprint density at radius 1 is 1.03 bits per heavy atom. The van der Waals surface area contributed by atoms with Gasteiger partial charge < -0.3 is 4.74 Å². The Morgan fingerprint density at radius 2 is 1.73 bits per heavy atom. The van der Waals surface area contributed by atoms with Crippen molar-refractivity contribution in [1.82, 2.24) is 9.13 Å². The molecule has 0 aliphatic heterocycles. The predicted molar refractivity (Wildman–Crippen MR) is 117 cm³/mol. The highest BCUT2D eigenvalue weighted by molar-refractivity contribution is 7.20. The van der Waals surface area contributed by atoms with Gasteiger partial charge in [-0.3, -0.25) is 13.9 Å². The molecule has 0 radical (unpaired) electrons. The van der Waals surface area contributed by atoms with Crippen molar-refractivity contribution >= 4 is 27.5 Å². The summed E-state index contributed by atoms with van der Waals surface area (Å²) in [7, 11) is 1.61. The monoisotopic (exact) mass is 420 g/mol. The van der Waals surface area contributed by atoms with Gasteiger partial charge in [-0.2, -0.15) is 0 Å². The van der Waals surface area contributed by atoms with Crippen molar-refractivity contribution in [3.05, 3.63) is 103 Å². The summed E-state index contributed by atoms with van der Waals surface area (Å²) < 4.78 is 7.99. The van der Waals surface area contributed by atoms with Gasteiger partial charge in [0.15, 0.2) is 0 Å². The number of rotatable bonds is 5. The third-order valence-electron chi connectivity index (χ3n) is 5.01. The van der Waals surface area contributed by atoms with E-state index in [1.54, 1.807) is 7.05 Å². The quantitative estimate of drug-likeness (QED) is 0.464. The number of benzene rings is 2. The molecule has 0 N–H and O–H groups in total. The van der Waals surface area contributed by atoms with Crippen LogP contribution in [0, 0.1) is 6.92 Å². The minimum Gasteiger partial charge on any atom is -0.457 e. The highest BCUT2D eigenvalue weighted by Gasteiger charge is 2.19. The Kier molecular flexibility index (Phi) is 5.37. The van der Waals surface area contributed by atoms with Gasteiger partial charge in [0.1, 0.15) is 16.3 Å². The first-order chi connectivity index (χ1) is 14.5. The number of carbonyl (C=O) groups excluding carboxylic acids is 1. The summed E-state index contributed by atoms with van der Waals surface area (Å²) in [6.07, 6.45) is 0. The zero-order chi connectivity index (χ0) is 21.3. The first-order valence-corrected chi connectivity index (χ1v) is 10.3. The smallest absolute Gasteiger partial charge is 0.348 e. The molecule has 0 aliphatic carbocycles. The van der Waals surface area contributed by atoms with Crippen LogP contribution >= 0.6 is 11.3 Å². The van der Waals surface area contributed by atoms with Gasteiger partial charge in [-0.25, -0.2) is 9.59 Å². The summed E-state index contributed by atoms with van der Waals surface area (Å²) in [5, 5.41) is 0.336. The molecule has 152 valence electrons. The highest BCUT2D eigenvalue weighted by atomic mass is 32.1. The molecule has 0 atom stereocenters. The number of aromatic nitrogens is 2. The van der Waals surface area contributed by atoms with Crippen molar-refractivity contribution in [3.8, 4) is 0 Å². The van der Waals surface area contributed by atoms with Gasteiger partial charge in [0.05, 0.1) is 11.9 Å². The summed E-state index contributed by atoms with van der Waals surface area (Å²) in [5.41, 5.74) is 1.95. The van der Waals surface area contributed by atoms with Crippen LogP contribution in [0.3, 0.4) is 0 Å². The number of hydrogen-bond donors (Lipinski definition) is 0. The van der Waals surface area contributed by atoms with Gasteiger partial charge in [-0.15, -0.1) is 11.3 Å². The first kappa shape index (κ1) is 19.8. The minimum absolute atomic E-state index is 0.143. The second-order valence-corrected chi connectivity index (χ2v) is 8.08. The maximum absolute atomic E-state index is 13.0. The number of ether oxygens (including phenoxy) is 1. The molecular weight excluding hydrogens is 400 g/mol. The van der Waals surface area contributed by atoms with Crippen LogP contribution in [0.5, 0.6) is 0 Å². The minimum atomic E-state index is -0.516. The Bertz CT molecular complexity index is 1350. The van der Waals surface area contributed by atoms with E-state index in [0.29, 0.717) is 15.1 Å². The van der Waals surface area contributed by atoms with Crippen molar-refractivity contribution in [3.63, 3.8) is 0 Å². The zero-order valence-electron chi connectivity index (χ0n) is 16.6. The van der Waals surface area contributed by atoms with Crippen LogP contribution in [0.4, 0.5) is 0 Å². The summed E-state index contributed by atoms with van der Waals surface area (Å²) in [6.45, 7) is 2.26. The average molecular weight is 420 g/mol. The third-order valence-corrected chi connectivity index (χ3v) is 6.21. The maximum atomic E-state index is 13.0. The Morgan fingerprint density at radius 3 is 2.47 bits per heavy atom. The Labute approximate surface area is 176 Å². The van der Waals surface area contributed by atoms with E-state index in [1.165, 1.54) is 15.2 Å². The highest BCUT2D eigenvalue weighted by Crippen LogP contribution is 2.23. The Hall–Kier alpha value is -3.45. The molecule has 0 spiro atoms. The summed E-state index contributed by atoms with van der Waals surface area (Å²) >= 11 is 1.09. The number of aryl methyl sites for hydroxylation is 2. The molecule has 6 nitrogen and oxygen atoms in total. The van der Waals surface area contributed by atoms with Gasteiger partial charge in [-0.1, -0.05) is 54.6 Å². The van der Waals surface area contributed by atoms with Crippen molar-refractivity contribution < 1.29 is 9.53 Å². The molecule has 4 rings (SSSR count). The largest absolute Gasteiger partial charge is 0.457 e. The fraction of sp³-hybridized carbons (Fsp3) is 0.174. The zero-order valence-corrected chi connectivity index (χ0v) is 17.4. The van der Waals surface area contributed by atoms with E-state index in [1.807, 2.05) is 61.5 Å². The lowest BCUT2D eigenvalue weighted by molar-refractivity contribution is 0.0478. The third kappa shape index (κ3) is 3.71. The second-order valence-electron chi connectivity index (χ2n) is 7.05. The first-order valence-electron chi connectivity index (χ1n) is 9.44. The lowest BCUT2D eigenvalue weighted by Gasteiger charge is -2.10. The average Bonchev–Trinajstić information content (AvgIpc) is 3.21. The summed E-state index contributed by atoms with van der Waals surface area (Å²) in [4.78, 5) is 39.1. The normalized spacial score (nSPS) is 11.0. The van der Waals surface area contributed by atoms with E-state index in [2.05, 4.69) is 0 Å². The van der Waals surface area contributed by atoms with E-state index in [9.17, 15) is 14.4 Å². The molecule has 0 fully saturated rings. The molecule has 0 saturated heterocycles. The number of carbonyl (C=O) groups is 1. The topological polar surface area (TPSA) is 70.3 Å². The fourth-order valence-corrected chi connectivity index (χ4v) is 4.27. The van der Waals surface area contributed by atoms with Gasteiger partial charge in [0.2, 0.25) is 0 Å². The van der Waals surface area contributed by atoms with Crippen LogP contribution in [-0.2, 0) is 24.9 Å². The Balaban J connectivity index is 1.69. The number of hydrogen-bond acceptors (Lipinski definition) is 5. The van der Waals surface area contributed by atoms with E-state index < -0.39 is 17.2 Å². The molecule has 0 bridgehead atoms. The summed E-state index contributed by atoms with van der Waals surface area (Å²) in [5.74, 6) is -0.516. The standard InChI is InChI=1S/C23H20N2O4S/c1-15-8-6-7-11-17(15)13-25-20(26)18-12-19(30-21(18)24(2)23(25)28)22(27)29-14-16-9-4-3-5-10-16/h3-12H,13-14H2,1-2H3. The van der Waals surface area contributed by atoms with Crippen molar-refractivity contribution in [1.29, 1.82) is 0 Å².